The molecule has 4 nitrogen and oxygen atoms in total. The normalized spacial score (nSPS) is 11.0. The van der Waals surface area contributed by atoms with E-state index in [9.17, 15) is 4.79 Å². The van der Waals surface area contributed by atoms with Crippen molar-refractivity contribution in [3.63, 3.8) is 0 Å². The number of anilines is 1. The van der Waals surface area contributed by atoms with Gasteiger partial charge in [-0.25, -0.2) is 4.98 Å². The molecule has 0 fully saturated rings. The lowest BCUT2D eigenvalue weighted by Gasteiger charge is -2.19. The van der Waals surface area contributed by atoms with E-state index < -0.39 is 0 Å². The van der Waals surface area contributed by atoms with E-state index in [0.29, 0.717) is 23.1 Å². The Labute approximate surface area is 185 Å². The van der Waals surface area contributed by atoms with Crippen molar-refractivity contribution >= 4 is 44.2 Å². The SMILES string of the molecule is CCc1ccc(CC(=O)N(Cc2ccccn2)c2nc3c(C)ccc(Cl)c3s2)cc1. The van der Waals surface area contributed by atoms with E-state index in [4.69, 9.17) is 16.6 Å². The van der Waals surface area contributed by atoms with Crippen LogP contribution in [0.3, 0.4) is 0 Å². The van der Waals surface area contributed by atoms with Gasteiger partial charge in [-0.15, -0.1) is 0 Å². The quantitative estimate of drug-likeness (QED) is 0.373. The first-order valence-electron chi connectivity index (χ1n) is 9.89. The van der Waals surface area contributed by atoms with Crippen LogP contribution < -0.4 is 4.90 Å². The van der Waals surface area contributed by atoms with Crippen LogP contribution in [0.4, 0.5) is 5.13 Å². The molecule has 0 spiro atoms. The molecule has 0 aliphatic carbocycles. The Morgan fingerprint density at radius 1 is 1.07 bits per heavy atom. The van der Waals surface area contributed by atoms with Gasteiger partial charge >= 0.3 is 0 Å². The monoisotopic (exact) mass is 435 g/mol. The molecule has 0 saturated heterocycles. The van der Waals surface area contributed by atoms with Gasteiger partial charge in [0.15, 0.2) is 5.13 Å². The number of hydrogen-bond acceptors (Lipinski definition) is 4. The van der Waals surface area contributed by atoms with Gasteiger partial charge in [-0.3, -0.25) is 14.7 Å². The van der Waals surface area contributed by atoms with Crippen molar-refractivity contribution in [3.05, 3.63) is 88.2 Å². The summed E-state index contributed by atoms with van der Waals surface area (Å²) in [6.45, 7) is 4.49. The molecule has 4 aromatic rings. The molecule has 2 aromatic carbocycles. The number of rotatable bonds is 6. The smallest absolute Gasteiger partial charge is 0.233 e. The zero-order chi connectivity index (χ0) is 21.1. The average Bonchev–Trinajstić information content (AvgIpc) is 3.22. The molecular weight excluding hydrogens is 414 g/mol. The number of carbonyl (C=O) groups excluding carboxylic acids is 1. The molecule has 30 heavy (non-hydrogen) atoms. The number of nitrogens with zero attached hydrogens (tertiary/aromatic N) is 3. The number of aromatic nitrogens is 2. The molecule has 2 aromatic heterocycles. The molecule has 0 aliphatic heterocycles. The second-order valence-electron chi connectivity index (χ2n) is 7.19. The highest BCUT2D eigenvalue weighted by atomic mass is 35.5. The minimum atomic E-state index is -0.0160. The lowest BCUT2D eigenvalue weighted by molar-refractivity contribution is -0.118. The first-order chi connectivity index (χ1) is 14.5. The van der Waals surface area contributed by atoms with Gasteiger partial charge in [0.25, 0.3) is 0 Å². The maximum atomic E-state index is 13.4. The Balaban J connectivity index is 1.69. The van der Waals surface area contributed by atoms with Crippen LogP contribution in [0, 0.1) is 6.92 Å². The lowest BCUT2D eigenvalue weighted by atomic mass is 10.1. The summed E-state index contributed by atoms with van der Waals surface area (Å²) < 4.78 is 0.901. The molecule has 0 aliphatic rings. The highest BCUT2D eigenvalue weighted by Crippen LogP contribution is 2.36. The summed E-state index contributed by atoms with van der Waals surface area (Å²) in [7, 11) is 0. The molecule has 1 amide bonds. The first kappa shape index (κ1) is 20.5. The summed E-state index contributed by atoms with van der Waals surface area (Å²) in [6.07, 6.45) is 3.02. The zero-order valence-corrected chi connectivity index (χ0v) is 18.5. The second kappa shape index (κ2) is 8.94. The topological polar surface area (TPSA) is 46.1 Å². The number of hydrogen-bond donors (Lipinski definition) is 0. The van der Waals surface area contributed by atoms with Crippen LogP contribution in [0.1, 0.15) is 29.3 Å². The van der Waals surface area contributed by atoms with E-state index in [1.165, 1.54) is 16.9 Å². The molecule has 0 saturated carbocycles. The Bertz CT molecular complexity index is 1130. The van der Waals surface area contributed by atoms with E-state index in [-0.39, 0.29) is 5.91 Å². The van der Waals surface area contributed by atoms with E-state index in [1.54, 1.807) is 11.1 Å². The molecular formula is C24H22ClN3OS. The largest absolute Gasteiger partial charge is 0.282 e. The van der Waals surface area contributed by atoms with Gasteiger partial charge in [0, 0.05) is 6.20 Å². The minimum absolute atomic E-state index is 0.0160. The van der Waals surface area contributed by atoms with Gasteiger partial charge in [-0.05, 0) is 48.2 Å². The maximum absolute atomic E-state index is 13.4. The highest BCUT2D eigenvalue weighted by Gasteiger charge is 2.22. The van der Waals surface area contributed by atoms with Crippen molar-refractivity contribution < 1.29 is 4.79 Å². The summed E-state index contributed by atoms with van der Waals surface area (Å²) in [5.74, 6) is -0.0160. The number of thiazole rings is 1. The van der Waals surface area contributed by atoms with Crippen molar-refractivity contribution in [2.24, 2.45) is 0 Å². The fourth-order valence-corrected chi connectivity index (χ4v) is 4.62. The van der Waals surface area contributed by atoms with Crippen LogP contribution in [0.25, 0.3) is 10.2 Å². The molecule has 6 heteroatoms. The summed E-state index contributed by atoms with van der Waals surface area (Å²) >= 11 is 7.84. The molecule has 0 atom stereocenters. The van der Waals surface area contributed by atoms with Crippen LogP contribution in [0.15, 0.2) is 60.8 Å². The molecule has 4 rings (SSSR count). The zero-order valence-electron chi connectivity index (χ0n) is 16.9. The third-order valence-corrected chi connectivity index (χ3v) is 6.59. The predicted molar refractivity (Wildman–Crippen MR) is 124 cm³/mol. The maximum Gasteiger partial charge on any atom is 0.233 e. The Hall–Kier alpha value is -2.76. The van der Waals surface area contributed by atoms with Crippen molar-refractivity contribution in [2.45, 2.75) is 33.2 Å². The number of fused-ring (bicyclic) bond motifs is 1. The van der Waals surface area contributed by atoms with Gasteiger partial charge in [-0.1, -0.05) is 66.3 Å². The molecule has 152 valence electrons. The Morgan fingerprint density at radius 2 is 1.83 bits per heavy atom. The number of amides is 1. The standard InChI is InChI=1S/C24H22ClN3OS/c1-3-17-8-10-18(11-9-17)14-21(29)28(15-19-6-4-5-13-26-19)24-27-22-16(2)7-12-20(25)23(22)30-24/h4-13H,3,14-15H2,1-2H3. The van der Waals surface area contributed by atoms with Gasteiger partial charge in [0.1, 0.15) is 0 Å². The van der Waals surface area contributed by atoms with Crippen LogP contribution in [0.5, 0.6) is 0 Å². The number of pyridine rings is 1. The van der Waals surface area contributed by atoms with Gasteiger partial charge in [0.05, 0.1) is 33.9 Å². The summed E-state index contributed by atoms with van der Waals surface area (Å²) in [4.78, 5) is 24.2. The van der Waals surface area contributed by atoms with Gasteiger partial charge < -0.3 is 0 Å². The van der Waals surface area contributed by atoms with Crippen molar-refractivity contribution in [3.8, 4) is 0 Å². The van der Waals surface area contributed by atoms with Crippen LogP contribution in [-0.4, -0.2) is 15.9 Å². The van der Waals surface area contributed by atoms with Crippen molar-refractivity contribution in [2.75, 3.05) is 4.90 Å². The number of halogens is 1. The average molecular weight is 436 g/mol. The number of carbonyl (C=O) groups is 1. The van der Waals surface area contributed by atoms with Crippen LogP contribution in [0.2, 0.25) is 5.02 Å². The Morgan fingerprint density at radius 3 is 2.50 bits per heavy atom. The summed E-state index contributed by atoms with van der Waals surface area (Å²) in [5, 5.41) is 1.29. The predicted octanol–water partition coefficient (Wildman–Crippen LogP) is 5.99. The fraction of sp³-hybridized carbons (Fsp3) is 0.208. The third-order valence-electron chi connectivity index (χ3n) is 5.05. The summed E-state index contributed by atoms with van der Waals surface area (Å²) in [5.41, 5.74) is 4.94. The molecule has 0 bridgehead atoms. The molecule has 2 heterocycles. The third kappa shape index (κ3) is 4.37. The molecule has 0 N–H and O–H groups in total. The van der Waals surface area contributed by atoms with Crippen LogP contribution in [-0.2, 0) is 24.2 Å². The fourth-order valence-electron chi connectivity index (χ4n) is 3.29. The Kier molecular flexibility index (Phi) is 6.11. The minimum Gasteiger partial charge on any atom is -0.282 e. The number of aryl methyl sites for hydroxylation is 2. The van der Waals surface area contributed by atoms with Crippen molar-refractivity contribution in [1.82, 2.24) is 9.97 Å². The lowest BCUT2D eigenvalue weighted by Crippen LogP contribution is -2.32. The van der Waals surface area contributed by atoms with E-state index >= 15 is 0 Å². The highest BCUT2D eigenvalue weighted by molar-refractivity contribution is 7.23. The van der Waals surface area contributed by atoms with E-state index in [1.807, 2.05) is 49.4 Å². The van der Waals surface area contributed by atoms with Crippen LogP contribution >= 0.6 is 22.9 Å². The summed E-state index contributed by atoms with van der Waals surface area (Å²) in [6, 6.07) is 17.7. The van der Waals surface area contributed by atoms with E-state index in [0.717, 1.165) is 33.5 Å². The van der Waals surface area contributed by atoms with Crippen molar-refractivity contribution in [1.29, 1.82) is 0 Å². The molecule has 0 unspecified atom stereocenters. The van der Waals surface area contributed by atoms with E-state index in [2.05, 4.69) is 24.0 Å². The first-order valence-corrected chi connectivity index (χ1v) is 11.1. The van der Waals surface area contributed by atoms with Gasteiger partial charge in [-0.2, -0.15) is 0 Å². The second-order valence-corrected chi connectivity index (χ2v) is 8.57. The molecule has 0 radical (unpaired) electrons. The van der Waals surface area contributed by atoms with Gasteiger partial charge in [0.2, 0.25) is 5.91 Å². The number of benzene rings is 2.